The van der Waals surface area contributed by atoms with Crippen LogP contribution in [0.2, 0.25) is 0 Å². The molecule has 154 valence electrons. The zero-order valence-corrected chi connectivity index (χ0v) is 17.7. The largest absolute Gasteiger partial charge is 0.497 e. The molecule has 0 N–H and O–H groups in total. The number of hydrogen-bond acceptors (Lipinski definition) is 5. The summed E-state index contributed by atoms with van der Waals surface area (Å²) in [4.78, 5) is 14.3. The topological polar surface area (TPSA) is 60.3 Å². The van der Waals surface area contributed by atoms with Crippen molar-refractivity contribution in [2.45, 2.75) is 5.16 Å². The van der Waals surface area contributed by atoms with E-state index < -0.39 is 0 Å². The van der Waals surface area contributed by atoms with Crippen molar-refractivity contribution in [3.05, 3.63) is 79.9 Å². The third-order valence-electron chi connectivity index (χ3n) is 4.35. The van der Waals surface area contributed by atoms with Crippen LogP contribution < -0.4 is 4.74 Å². The van der Waals surface area contributed by atoms with Gasteiger partial charge < -0.3 is 9.64 Å². The summed E-state index contributed by atoms with van der Waals surface area (Å²) < 4.78 is 7.31. The van der Waals surface area contributed by atoms with E-state index in [1.165, 1.54) is 11.8 Å². The Balaban J connectivity index is 1.93. The summed E-state index contributed by atoms with van der Waals surface area (Å²) in [7, 11) is 1.63. The Morgan fingerprint density at radius 3 is 2.50 bits per heavy atom. The number of thioether (sulfide) groups is 1. The van der Waals surface area contributed by atoms with Crippen molar-refractivity contribution in [1.29, 1.82) is 0 Å². The lowest BCUT2D eigenvalue weighted by Gasteiger charge is -2.19. The van der Waals surface area contributed by atoms with Crippen LogP contribution in [0.5, 0.6) is 5.75 Å². The SMILES string of the molecule is C=CCN(CC=C)C(=O)CSc1nnc(-c2cccc(OC)c2)n1-c1ccccc1. The third-order valence-corrected chi connectivity index (χ3v) is 5.27. The molecule has 0 aliphatic heterocycles. The van der Waals surface area contributed by atoms with Crippen molar-refractivity contribution < 1.29 is 9.53 Å². The Bertz CT molecular complexity index is 1010. The van der Waals surface area contributed by atoms with Crippen molar-refractivity contribution >= 4 is 17.7 Å². The number of carbonyl (C=O) groups excluding carboxylic acids is 1. The van der Waals surface area contributed by atoms with Crippen LogP contribution in [0, 0.1) is 0 Å². The Morgan fingerprint density at radius 2 is 1.83 bits per heavy atom. The first-order valence-electron chi connectivity index (χ1n) is 9.45. The number of aromatic nitrogens is 3. The maximum absolute atomic E-state index is 12.6. The van der Waals surface area contributed by atoms with E-state index in [1.54, 1.807) is 24.2 Å². The van der Waals surface area contributed by atoms with Crippen LogP contribution in [0.1, 0.15) is 0 Å². The van der Waals surface area contributed by atoms with Crippen LogP contribution in [-0.2, 0) is 4.79 Å². The number of benzene rings is 2. The van der Waals surface area contributed by atoms with Crippen LogP contribution >= 0.6 is 11.8 Å². The number of para-hydroxylation sites is 1. The predicted molar refractivity (Wildman–Crippen MR) is 121 cm³/mol. The van der Waals surface area contributed by atoms with Crippen LogP contribution in [-0.4, -0.2) is 51.5 Å². The standard InChI is InChI=1S/C23H24N4O2S/c1-4-14-26(15-5-2)21(28)17-30-23-25-24-22(18-10-9-13-20(16-18)29-3)27(23)19-11-7-6-8-12-19/h4-13,16H,1-2,14-15,17H2,3H3. The molecule has 0 aliphatic rings. The Morgan fingerprint density at radius 1 is 1.10 bits per heavy atom. The van der Waals surface area contributed by atoms with Gasteiger partial charge in [-0.3, -0.25) is 9.36 Å². The number of carbonyl (C=O) groups is 1. The van der Waals surface area contributed by atoms with Crippen LogP contribution in [0.3, 0.4) is 0 Å². The predicted octanol–water partition coefficient (Wildman–Crippen LogP) is 4.24. The van der Waals surface area contributed by atoms with Gasteiger partial charge in [-0.2, -0.15) is 0 Å². The van der Waals surface area contributed by atoms with E-state index in [1.807, 2.05) is 59.2 Å². The van der Waals surface area contributed by atoms with Crippen molar-refractivity contribution in [2.24, 2.45) is 0 Å². The zero-order valence-electron chi connectivity index (χ0n) is 16.9. The Hall–Kier alpha value is -3.32. The van der Waals surface area contributed by atoms with Gasteiger partial charge in [0.25, 0.3) is 0 Å². The molecule has 0 fully saturated rings. The first-order chi connectivity index (χ1) is 14.7. The molecule has 30 heavy (non-hydrogen) atoms. The summed E-state index contributed by atoms with van der Waals surface area (Å²) in [6, 6.07) is 17.5. The van der Waals surface area contributed by atoms with E-state index >= 15 is 0 Å². The molecular weight excluding hydrogens is 396 g/mol. The fourth-order valence-corrected chi connectivity index (χ4v) is 3.78. The molecule has 1 heterocycles. The lowest BCUT2D eigenvalue weighted by Crippen LogP contribution is -2.32. The van der Waals surface area contributed by atoms with Crippen LogP contribution in [0.25, 0.3) is 17.1 Å². The lowest BCUT2D eigenvalue weighted by molar-refractivity contribution is -0.127. The van der Waals surface area contributed by atoms with Crippen LogP contribution in [0.4, 0.5) is 0 Å². The van der Waals surface area contributed by atoms with Gasteiger partial charge in [0.2, 0.25) is 5.91 Å². The molecule has 0 saturated carbocycles. The van der Waals surface area contributed by atoms with E-state index in [2.05, 4.69) is 23.4 Å². The van der Waals surface area contributed by atoms with Gasteiger partial charge in [0, 0.05) is 24.3 Å². The number of methoxy groups -OCH3 is 1. The summed E-state index contributed by atoms with van der Waals surface area (Å²) in [5, 5.41) is 9.43. The van der Waals surface area contributed by atoms with Crippen molar-refractivity contribution in [2.75, 3.05) is 26.0 Å². The second-order valence-corrected chi connectivity index (χ2v) is 7.32. The van der Waals surface area contributed by atoms with E-state index in [0.29, 0.717) is 24.1 Å². The second-order valence-electron chi connectivity index (χ2n) is 6.37. The van der Waals surface area contributed by atoms with E-state index in [9.17, 15) is 4.79 Å². The van der Waals surface area contributed by atoms with Gasteiger partial charge in [0.05, 0.1) is 12.9 Å². The van der Waals surface area contributed by atoms with Crippen LogP contribution in [0.15, 0.2) is 85.1 Å². The molecule has 0 unspecified atom stereocenters. The summed E-state index contributed by atoms with van der Waals surface area (Å²) in [6.45, 7) is 8.39. The molecule has 0 radical (unpaired) electrons. The maximum atomic E-state index is 12.6. The molecule has 6 nitrogen and oxygen atoms in total. The molecule has 7 heteroatoms. The Kier molecular flexibility index (Phi) is 7.45. The monoisotopic (exact) mass is 420 g/mol. The van der Waals surface area contributed by atoms with Gasteiger partial charge in [0.1, 0.15) is 5.75 Å². The smallest absolute Gasteiger partial charge is 0.233 e. The van der Waals surface area contributed by atoms with E-state index in [4.69, 9.17) is 4.74 Å². The highest BCUT2D eigenvalue weighted by Gasteiger charge is 2.19. The summed E-state index contributed by atoms with van der Waals surface area (Å²) >= 11 is 1.35. The first-order valence-corrected chi connectivity index (χ1v) is 10.4. The minimum atomic E-state index is -0.00894. The normalized spacial score (nSPS) is 10.4. The fraction of sp³-hybridized carbons (Fsp3) is 0.174. The number of ether oxygens (including phenoxy) is 1. The first kappa shape index (κ1) is 21.4. The second kappa shape index (κ2) is 10.5. The van der Waals surface area contributed by atoms with Gasteiger partial charge in [-0.15, -0.1) is 23.4 Å². The maximum Gasteiger partial charge on any atom is 0.233 e. The molecular formula is C23H24N4O2S. The zero-order chi connectivity index (χ0) is 21.3. The summed E-state index contributed by atoms with van der Waals surface area (Å²) in [5.74, 6) is 1.66. The fourth-order valence-electron chi connectivity index (χ4n) is 2.93. The van der Waals surface area contributed by atoms with E-state index in [0.717, 1.165) is 17.0 Å². The van der Waals surface area contributed by atoms with Gasteiger partial charge in [-0.25, -0.2) is 0 Å². The van der Waals surface area contributed by atoms with Crippen molar-refractivity contribution in [3.63, 3.8) is 0 Å². The van der Waals surface area contributed by atoms with Gasteiger partial charge >= 0.3 is 0 Å². The molecule has 3 aromatic rings. The number of rotatable bonds is 10. The summed E-state index contributed by atoms with van der Waals surface area (Å²) in [5.41, 5.74) is 1.80. The molecule has 0 saturated heterocycles. The Labute approximate surface area is 180 Å². The quantitative estimate of drug-likeness (QED) is 0.363. The molecule has 0 aliphatic carbocycles. The van der Waals surface area contributed by atoms with Gasteiger partial charge in [-0.05, 0) is 24.3 Å². The minimum Gasteiger partial charge on any atom is -0.497 e. The molecule has 0 bridgehead atoms. The van der Waals surface area contributed by atoms with Gasteiger partial charge in [-0.1, -0.05) is 54.2 Å². The van der Waals surface area contributed by atoms with Crippen molar-refractivity contribution in [1.82, 2.24) is 19.7 Å². The molecule has 3 rings (SSSR count). The third kappa shape index (κ3) is 4.99. The van der Waals surface area contributed by atoms with Crippen molar-refractivity contribution in [3.8, 4) is 22.8 Å². The van der Waals surface area contributed by atoms with Gasteiger partial charge in [0.15, 0.2) is 11.0 Å². The molecule has 1 aromatic heterocycles. The average molecular weight is 421 g/mol. The van der Waals surface area contributed by atoms with E-state index in [-0.39, 0.29) is 11.7 Å². The highest BCUT2D eigenvalue weighted by Crippen LogP contribution is 2.29. The summed E-state index contributed by atoms with van der Waals surface area (Å²) in [6.07, 6.45) is 3.42. The lowest BCUT2D eigenvalue weighted by atomic mass is 10.2. The molecule has 2 aromatic carbocycles. The highest BCUT2D eigenvalue weighted by atomic mass is 32.2. The number of nitrogens with zero attached hydrogens (tertiary/aromatic N) is 4. The number of hydrogen-bond donors (Lipinski definition) is 0. The minimum absolute atomic E-state index is 0.00894. The highest BCUT2D eigenvalue weighted by molar-refractivity contribution is 7.99. The molecule has 0 spiro atoms. The number of amides is 1. The average Bonchev–Trinajstić information content (AvgIpc) is 3.22. The molecule has 1 amide bonds. The molecule has 0 atom stereocenters.